The van der Waals surface area contributed by atoms with Gasteiger partial charge in [-0.2, -0.15) is 0 Å². The van der Waals surface area contributed by atoms with Crippen molar-refractivity contribution in [2.45, 2.75) is 51.1 Å². The fourth-order valence-electron chi connectivity index (χ4n) is 4.04. The highest BCUT2D eigenvalue weighted by molar-refractivity contribution is 9.10. The van der Waals surface area contributed by atoms with Crippen LogP contribution in [0, 0.1) is 5.82 Å². The molecule has 1 atom stereocenters. The minimum Gasteiger partial charge on any atom is -0.494 e. The first-order valence-electron chi connectivity index (χ1n) is 13.4. The summed E-state index contributed by atoms with van der Waals surface area (Å²) in [6, 6.07) is 17.2. The fraction of sp³-hybridized carbons (Fsp3) is 0.333. The number of carbonyl (C=O) groups is 2. The molecule has 1 N–H and O–H groups in total. The third kappa shape index (κ3) is 8.77. The van der Waals surface area contributed by atoms with Gasteiger partial charge in [0.15, 0.2) is 0 Å². The van der Waals surface area contributed by atoms with Crippen LogP contribution in [0.15, 0.2) is 82.2 Å². The standard InChI is InChI=1S/C30H35BrFN3O5S/c1-4-6-19-33-30(37)22(3)34(20-23-7-11-25(32)12-8-23)29(36)21-35(26-13-15-27(16-14-26)40-5-2)41(38,39)28-17-9-24(31)10-18-28/h7-18,22H,4-6,19-21H2,1-3H3,(H,33,37)/t22-/m0/s1. The number of nitrogens with zero attached hydrogens (tertiary/aromatic N) is 2. The summed E-state index contributed by atoms with van der Waals surface area (Å²) in [4.78, 5) is 28.2. The van der Waals surface area contributed by atoms with Crippen molar-refractivity contribution in [3.63, 3.8) is 0 Å². The smallest absolute Gasteiger partial charge is 0.264 e. The summed E-state index contributed by atoms with van der Waals surface area (Å²) in [5.41, 5.74) is 0.850. The van der Waals surface area contributed by atoms with Crippen LogP contribution in [0.2, 0.25) is 0 Å². The first-order valence-corrected chi connectivity index (χ1v) is 15.6. The molecule has 0 bridgehead atoms. The molecular formula is C30H35BrFN3O5S. The van der Waals surface area contributed by atoms with E-state index in [2.05, 4.69) is 21.2 Å². The van der Waals surface area contributed by atoms with Crippen LogP contribution in [0.25, 0.3) is 0 Å². The molecule has 0 aromatic heterocycles. The highest BCUT2D eigenvalue weighted by Gasteiger charge is 2.32. The predicted molar refractivity (Wildman–Crippen MR) is 161 cm³/mol. The number of unbranched alkanes of at least 4 members (excludes halogenated alkanes) is 1. The summed E-state index contributed by atoms with van der Waals surface area (Å²) in [5, 5.41) is 2.84. The lowest BCUT2D eigenvalue weighted by molar-refractivity contribution is -0.139. The van der Waals surface area contributed by atoms with Crippen LogP contribution in [0.5, 0.6) is 5.75 Å². The van der Waals surface area contributed by atoms with Crippen LogP contribution >= 0.6 is 15.9 Å². The molecule has 3 aromatic carbocycles. The molecule has 41 heavy (non-hydrogen) atoms. The summed E-state index contributed by atoms with van der Waals surface area (Å²) in [6.45, 7) is 5.74. The zero-order valence-electron chi connectivity index (χ0n) is 23.3. The van der Waals surface area contributed by atoms with Crippen molar-refractivity contribution in [3.05, 3.63) is 88.6 Å². The van der Waals surface area contributed by atoms with Gasteiger partial charge in [-0.3, -0.25) is 13.9 Å². The number of anilines is 1. The first kappa shape index (κ1) is 32.1. The molecular weight excluding hydrogens is 613 g/mol. The Hall–Kier alpha value is -3.44. The average Bonchev–Trinajstić information content (AvgIpc) is 2.96. The number of hydrogen-bond acceptors (Lipinski definition) is 5. The number of sulfonamides is 1. The summed E-state index contributed by atoms with van der Waals surface area (Å²) >= 11 is 3.32. The molecule has 11 heteroatoms. The maximum absolute atomic E-state index is 13.9. The largest absolute Gasteiger partial charge is 0.494 e. The Balaban J connectivity index is 2.00. The second kappa shape index (κ2) is 15.0. The molecule has 220 valence electrons. The number of nitrogens with one attached hydrogen (secondary N) is 1. The summed E-state index contributed by atoms with van der Waals surface area (Å²) in [5.74, 6) is -0.836. The number of halogens is 2. The maximum Gasteiger partial charge on any atom is 0.264 e. The van der Waals surface area contributed by atoms with Gasteiger partial charge in [-0.1, -0.05) is 41.4 Å². The van der Waals surface area contributed by atoms with Crippen LogP contribution in [-0.2, 0) is 26.2 Å². The zero-order chi connectivity index (χ0) is 30.0. The molecule has 0 heterocycles. The van der Waals surface area contributed by atoms with Crippen molar-refractivity contribution in [3.8, 4) is 5.75 Å². The molecule has 2 amide bonds. The van der Waals surface area contributed by atoms with Gasteiger partial charge in [0.2, 0.25) is 11.8 Å². The highest BCUT2D eigenvalue weighted by Crippen LogP contribution is 2.27. The molecule has 8 nitrogen and oxygen atoms in total. The molecule has 0 aliphatic rings. The first-order chi connectivity index (χ1) is 19.6. The Morgan fingerprint density at radius 3 is 2.20 bits per heavy atom. The van der Waals surface area contributed by atoms with E-state index in [4.69, 9.17) is 4.74 Å². The van der Waals surface area contributed by atoms with E-state index in [1.807, 2.05) is 13.8 Å². The minimum absolute atomic E-state index is 0.00201. The number of benzene rings is 3. The lowest BCUT2D eigenvalue weighted by Crippen LogP contribution is -2.51. The molecule has 0 aliphatic heterocycles. The van der Waals surface area contributed by atoms with Crippen molar-refractivity contribution in [1.82, 2.24) is 10.2 Å². The van der Waals surface area contributed by atoms with Gasteiger partial charge in [0.05, 0.1) is 17.2 Å². The lowest BCUT2D eigenvalue weighted by Gasteiger charge is -2.32. The van der Waals surface area contributed by atoms with Crippen molar-refractivity contribution < 1.29 is 27.1 Å². The molecule has 0 radical (unpaired) electrons. The molecule has 0 unspecified atom stereocenters. The zero-order valence-corrected chi connectivity index (χ0v) is 25.8. The van der Waals surface area contributed by atoms with Gasteiger partial charge in [0, 0.05) is 17.6 Å². The third-order valence-electron chi connectivity index (χ3n) is 6.38. The average molecular weight is 649 g/mol. The van der Waals surface area contributed by atoms with Crippen molar-refractivity contribution in [2.75, 3.05) is 24.0 Å². The summed E-state index contributed by atoms with van der Waals surface area (Å²) < 4.78 is 48.5. The molecule has 0 fully saturated rings. The van der Waals surface area contributed by atoms with E-state index in [1.165, 1.54) is 41.3 Å². The van der Waals surface area contributed by atoms with E-state index < -0.39 is 34.3 Å². The lowest BCUT2D eigenvalue weighted by atomic mass is 10.1. The Morgan fingerprint density at radius 2 is 1.61 bits per heavy atom. The van der Waals surface area contributed by atoms with Gasteiger partial charge >= 0.3 is 0 Å². The normalized spacial score (nSPS) is 11.9. The SMILES string of the molecule is CCCCNC(=O)[C@H](C)N(Cc1ccc(F)cc1)C(=O)CN(c1ccc(OCC)cc1)S(=O)(=O)c1ccc(Br)cc1. The Labute approximate surface area is 249 Å². The van der Waals surface area contributed by atoms with Crippen LogP contribution in [0.1, 0.15) is 39.2 Å². The van der Waals surface area contributed by atoms with E-state index in [-0.39, 0.29) is 23.0 Å². The van der Waals surface area contributed by atoms with Crippen molar-refractivity contribution >= 4 is 43.5 Å². The van der Waals surface area contributed by atoms with Crippen LogP contribution in [-0.4, -0.2) is 50.9 Å². The number of ether oxygens (including phenoxy) is 1. The minimum atomic E-state index is -4.19. The molecule has 0 saturated heterocycles. The van der Waals surface area contributed by atoms with E-state index in [0.29, 0.717) is 28.9 Å². The van der Waals surface area contributed by atoms with Crippen molar-refractivity contribution in [1.29, 1.82) is 0 Å². The summed E-state index contributed by atoms with van der Waals surface area (Å²) in [6.07, 6.45) is 1.67. The Kier molecular flexibility index (Phi) is 11.7. The molecule has 3 rings (SSSR count). The van der Waals surface area contributed by atoms with Gasteiger partial charge < -0.3 is 15.0 Å². The quantitative estimate of drug-likeness (QED) is 0.233. The molecule has 0 aliphatic carbocycles. The number of hydrogen-bond donors (Lipinski definition) is 1. The second-order valence-electron chi connectivity index (χ2n) is 9.36. The molecule has 0 spiro atoms. The van der Waals surface area contributed by atoms with Crippen molar-refractivity contribution in [2.24, 2.45) is 0 Å². The maximum atomic E-state index is 13.9. The topological polar surface area (TPSA) is 96.0 Å². The van der Waals surface area contributed by atoms with Crippen LogP contribution < -0.4 is 14.4 Å². The van der Waals surface area contributed by atoms with Gasteiger partial charge in [-0.25, -0.2) is 12.8 Å². The highest BCUT2D eigenvalue weighted by atomic mass is 79.9. The van der Waals surface area contributed by atoms with Crippen LogP contribution in [0.3, 0.4) is 0 Å². The predicted octanol–water partition coefficient (Wildman–Crippen LogP) is 5.52. The van der Waals surface area contributed by atoms with E-state index in [9.17, 15) is 22.4 Å². The molecule has 0 saturated carbocycles. The van der Waals surface area contributed by atoms with Gasteiger partial charge in [-0.05, 0) is 86.5 Å². The Bertz CT molecular complexity index is 1400. The van der Waals surface area contributed by atoms with E-state index in [1.54, 1.807) is 43.3 Å². The number of rotatable bonds is 14. The monoisotopic (exact) mass is 647 g/mol. The number of carbonyl (C=O) groups excluding carboxylic acids is 2. The van der Waals surface area contributed by atoms with E-state index in [0.717, 1.165) is 17.1 Å². The van der Waals surface area contributed by atoms with Crippen LogP contribution in [0.4, 0.5) is 10.1 Å². The number of amides is 2. The van der Waals surface area contributed by atoms with Gasteiger partial charge in [-0.15, -0.1) is 0 Å². The third-order valence-corrected chi connectivity index (χ3v) is 8.70. The molecule has 3 aromatic rings. The van der Waals surface area contributed by atoms with E-state index >= 15 is 0 Å². The van der Waals surface area contributed by atoms with Gasteiger partial charge in [0.1, 0.15) is 24.2 Å². The van der Waals surface area contributed by atoms with Gasteiger partial charge in [0.25, 0.3) is 10.0 Å². The second-order valence-corrected chi connectivity index (χ2v) is 12.1. The fourth-order valence-corrected chi connectivity index (χ4v) is 5.72. The summed E-state index contributed by atoms with van der Waals surface area (Å²) in [7, 11) is -4.19. The Morgan fingerprint density at radius 1 is 0.976 bits per heavy atom.